The first-order chi connectivity index (χ1) is 7.85. The summed E-state index contributed by atoms with van der Waals surface area (Å²) in [5.74, 6) is -0.718. The van der Waals surface area contributed by atoms with Crippen molar-refractivity contribution in [3.8, 4) is 11.5 Å². The van der Waals surface area contributed by atoms with Crippen molar-refractivity contribution < 1.29 is 47.3 Å². The van der Waals surface area contributed by atoms with Gasteiger partial charge in [0, 0.05) is 12.1 Å². The molecule has 2 aromatic rings. The third-order valence-electron chi connectivity index (χ3n) is 1.99. The topological polar surface area (TPSA) is 125 Å². The summed E-state index contributed by atoms with van der Waals surface area (Å²) in [4.78, 5) is 13.4. The minimum atomic E-state index is -4.20. The van der Waals surface area contributed by atoms with Crippen LogP contribution in [0, 0.1) is 0 Å². The zero-order valence-electron chi connectivity index (χ0n) is 9.34. The first-order valence-electron chi connectivity index (χ1n) is 4.41. The van der Waals surface area contributed by atoms with E-state index in [1.807, 2.05) is 0 Å². The number of H-pyrrole nitrogens is 1. The number of aromatic amines is 1. The predicted octanol–water partition coefficient (Wildman–Crippen LogP) is -3.81. The number of benzene rings is 1. The van der Waals surface area contributed by atoms with Gasteiger partial charge in [0.05, 0.1) is 5.52 Å². The van der Waals surface area contributed by atoms with Gasteiger partial charge in [-0.1, -0.05) is 5.75 Å². The summed E-state index contributed by atoms with van der Waals surface area (Å²) in [6, 6.07) is 4.73. The zero-order chi connectivity index (χ0) is 12.6. The Hall–Kier alpha value is -1.06. The van der Waals surface area contributed by atoms with Gasteiger partial charge in [-0.2, -0.15) is 13.6 Å². The van der Waals surface area contributed by atoms with Crippen LogP contribution in [0.4, 0.5) is 0 Å². The van der Waals surface area contributed by atoms with Crippen molar-refractivity contribution in [3.63, 3.8) is 0 Å². The Labute approximate surface area is 124 Å². The van der Waals surface area contributed by atoms with Crippen molar-refractivity contribution >= 4 is 21.2 Å². The molecule has 18 heavy (non-hydrogen) atoms. The molecule has 9 heteroatoms. The van der Waals surface area contributed by atoms with Gasteiger partial charge in [-0.15, -0.1) is 0 Å². The molecule has 0 atom stereocenters. The number of pyridine rings is 1. The van der Waals surface area contributed by atoms with Crippen LogP contribution in [0.15, 0.2) is 29.1 Å². The number of nitrogens with one attached hydrogen (secondary N) is 1. The molecule has 0 radical (unpaired) electrons. The molecule has 0 saturated heterocycles. The Morgan fingerprint density at radius 3 is 2.56 bits per heavy atom. The number of nitrogens with two attached hydrogens (primary N) is 1. The Bertz CT molecular complexity index is 740. The molecule has 1 aromatic carbocycles. The molecule has 0 aliphatic rings. The summed E-state index contributed by atoms with van der Waals surface area (Å²) in [5.41, 5.74) is -0.228. The van der Waals surface area contributed by atoms with E-state index >= 15 is 0 Å². The molecule has 2 rings (SSSR count). The van der Waals surface area contributed by atoms with Crippen LogP contribution in [0.25, 0.3) is 10.9 Å². The van der Waals surface area contributed by atoms with Crippen molar-refractivity contribution in [1.82, 2.24) is 4.98 Å². The van der Waals surface area contributed by atoms with Crippen LogP contribution >= 0.6 is 0 Å². The quantitative estimate of drug-likeness (QED) is 0.545. The first-order valence-corrected chi connectivity index (χ1v) is 5.88. The maximum atomic E-state index is 11.6. The average molecular weight is 278 g/mol. The predicted molar refractivity (Wildman–Crippen MR) is 57.7 cm³/mol. The van der Waals surface area contributed by atoms with Gasteiger partial charge in [-0.3, -0.25) is 4.79 Å². The summed E-state index contributed by atoms with van der Waals surface area (Å²) < 4.78 is 25.8. The zero-order valence-corrected chi connectivity index (χ0v) is 12.2. The number of fused-ring (bicyclic) bond motifs is 1. The summed E-state index contributed by atoms with van der Waals surface area (Å²) in [7, 11) is -4.20. The van der Waals surface area contributed by atoms with E-state index in [1.165, 1.54) is 18.2 Å². The fourth-order valence-corrected chi connectivity index (χ4v) is 1.76. The summed E-state index contributed by atoms with van der Waals surface area (Å²) >= 11 is 0. The maximum absolute atomic E-state index is 11.6. The molecule has 0 spiro atoms. The van der Waals surface area contributed by atoms with Crippen LogP contribution in [0.5, 0.6) is 11.5 Å². The van der Waals surface area contributed by atoms with Crippen molar-refractivity contribution in [2.24, 2.45) is 5.14 Å². The molecule has 0 amide bonds. The van der Waals surface area contributed by atoms with Gasteiger partial charge in [0.25, 0.3) is 0 Å². The minimum absolute atomic E-state index is 0. The second-order valence-electron chi connectivity index (χ2n) is 3.28. The third-order valence-corrected chi connectivity index (χ3v) is 2.41. The second-order valence-corrected chi connectivity index (χ2v) is 4.43. The van der Waals surface area contributed by atoms with Crippen molar-refractivity contribution in [2.75, 3.05) is 0 Å². The van der Waals surface area contributed by atoms with Gasteiger partial charge in [-0.05, 0) is 17.5 Å². The van der Waals surface area contributed by atoms with Crippen LogP contribution in [0.1, 0.15) is 0 Å². The largest absolute Gasteiger partial charge is 1.00 e. The smallest absolute Gasteiger partial charge is 0.872 e. The maximum Gasteiger partial charge on any atom is 1.00 e. The first kappa shape index (κ1) is 15.0. The van der Waals surface area contributed by atoms with Crippen LogP contribution in [0.3, 0.4) is 0 Å². The molecule has 90 valence electrons. The van der Waals surface area contributed by atoms with Gasteiger partial charge >= 0.3 is 39.9 Å². The summed E-state index contributed by atoms with van der Waals surface area (Å²) in [6.45, 7) is 0. The average Bonchev–Trinajstić information content (AvgIpc) is 2.13. The van der Waals surface area contributed by atoms with E-state index in [-0.39, 0.29) is 46.2 Å². The summed E-state index contributed by atoms with van der Waals surface area (Å²) in [5, 5.41) is 16.5. The Kier molecular flexibility index (Phi) is 4.41. The molecule has 7 nitrogen and oxygen atoms in total. The van der Waals surface area contributed by atoms with Gasteiger partial charge < -0.3 is 14.3 Å². The molecule has 0 fully saturated rings. The van der Waals surface area contributed by atoms with E-state index < -0.39 is 21.6 Å². The molecule has 0 saturated carbocycles. The Balaban J connectivity index is 0.00000162. The fraction of sp³-hybridized carbons (Fsp3) is 0. The molecule has 0 aliphatic carbocycles. The number of hydrogen-bond donors (Lipinski definition) is 2. The standard InChI is InChI=1S/C9H8N2O5S.Na/c10-17(14,15)16-5-3-7-6(8(12)4-5)1-2-9(13)11-7;/h1-4,12H,(H,11,13)(H2,10,14,15);/q;+1/p-1. The molecule has 1 heterocycles. The minimum Gasteiger partial charge on any atom is -0.872 e. The van der Waals surface area contributed by atoms with Gasteiger partial charge in [-0.25, -0.2) is 0 Å². The van der Waals surface area contributed by atoms with Crippen LogP contribution in [-0.4, -0.2) is 13.4 Å². The Morgan fingerprint density at radius 1 is 1.28 bits per heavy atom. The monoisotopic (exact) mass is 278 g/mol. The van der Waals surface area contributed by atoms with E-state index in [0.717, 1.165) is 6.07 Å². The Morgan fingerprint density at radius 2 is 1.94 bits per heavy atom. The van der Waals surface area contributed by atoms with Crippen molar-refractivity contribution in [2.45, 2.75) is 0 Å². The second kappa shape index (κ2) is 5.29. The SMILES string of the molecule is NS(=O)(=O)Oc1cc([O-])c2ccc(=O)[nH]c2c1.[Na+]. The molecule has 0 unspecified atom stereocenters. The van der Waals surface area contributed by atoms with E-state index in [9.17, 15) is 18.3 Å². The van der Waals surface area contributed by atoms with Crippen molar-refractivity contribution in [1.29, 1.82) is 0 Å². The van der Waals surface area contributed by atoms with Crippen molar-refractivity contribution in [3.05, 3.63) is 34.6 Å². The molecule has 0 aliphatic heterocycles. The van der Waals surface area contributed by atoms with Crippen LogP contribution < -0.4 is 49.5 Å². The summed E-state index contributed by atoms with van der Waals surface area (Å²) in [6.07, 6.45) is 0. The number of aromatic nitrogens is 1. The number of rotatable bonds is 2. The molecular weight excluding hydrogens is 271 g/mol. The number of hydrogen-bond acceptors (Lipinski definition) is 5. The molecule has 3 N–H and O–H groups in total. The van der Waals surface area contributed by atoms with E-state index in [2.05, 4.69) is 14.3 Å². The van der Waals surface area contributed by atoms with Gasteiger partial charge in [0.1, 0.15) is 5.75 Å². The van der Waals surface area contributed by atoms with E-state index in [0.29, 0.717) is 0 Å². The third kappa shape index (κ3) is 3.47. The van der Waals surface area contributed by atoms with Gasteiger partial charge in [0.15, 0.2) is 0 Å². The molecular formula is C9H7N2NaO5S. The van der Waals surface area contributed by atoms with E-state index in [4.69, 9.17) is 0 Å². The normalized spacial score (nSPS) is 10.9. The molecule has 1 aromatic heterocycles. The van der Waals surface area contributed by atoms with Crippen LogP contribution in [0.2, 0.25) is 0 Å². The van der Waals surface area contributed by atoms with E-state index in [1.54, 1.807) is 0 Å². The van der Waals surface area contributed by atoms with Crippen LogP contribution in [-0.2, 0) is 10.3 Å². The molecule has 0 bridgehead atoms. The van der Waals surface area contributed by atoms with Gasteiger partial charge in [0.2, 0.25) is 5.56 Å². The fourth-order valence-electron chi connectivity index (χ4n) is 1.39.